The molecule has 0 saturated carbocycles. The van der Waals surface area contributed by atoms with Crippen molar-refractivity contribution in [2.75, 3.05) is 6.61 Å². The highest BCUT2D eigenvalue weighted by Crippen LogP contribution is 2.50. The van der Waals surface area contributed by atoms with E-state index in [4.69, 9.17) is 60.6 Å². The molecule has 1 aromatic carbocycles. The fourth-order valence-corrected chi connectivity index (χ4v) is 4.46. The van der Waals surface area contributed by atoms with Crippen LogP contribution >= 0.6 is 58.2 Å². The van der Waals surface area contributed by atoms with Crippen LogP contribution in [0.1, 0.15) is 0 Å². The zero-order valence-corrected chi connectivity index (χ0v) is 15.7. The fraction of sp³-hybridized carbons (Fsp3) is 0.571. The molecule has 0 N–H and O–H groups in total. The second-order valence-corrected chi connectivity index (χ2v) is 9.39. The summed E-state index contributed by atoms with van der Waals surface area (Å²) < 4.78 is 42.7. The van der Waals surface area contributed by atoms with Crippen LogP contribution in [0.2, 0.25) is 0 Å². The lowest BCUT2D eigenvalue weighted by molar-refractivity contribution is -0.140. The Balaban J connectivity index is 1.82. The summed E-state index contributed by atoms with van der Waals surface area (Å²) in [6.07, 6.45) is -3.09. The van der Waals surface area contributed by atoms with E-state index in [2.05, 4.69) is 0 Å². The van der Waals surface area contributed by atoms with E-state index >= 15 is 0 Å². The molecule has 24 heavy (non-hydrogen) atoms. The second-order valence-electron chi connectivity index (χ2n) is 5.35. The summed E-state index contributed by atoms with van der Waals surface area (Å²) in [5.41, 5.74) is -0.932. The van der Waals surface area contributed by atoms with Gasteiger partial charge in [-0.05, 0) is 23.7 Å². The minimum atomic E-state index is -3.58. The molecule has 1 aromatic rings. The first-order chi connectivity index (χ1) is 11.2. The summed E-state index contributed by atoms with van der Waals surface area (Å²) in [5, 5.41) is -3.58. The number of rotatable bonds is 3. The van der Waals surface area contributed by atoms with Crippen LogP contribution in [0.15, 0.2) is 35.2 Å². The van der Waals surface area contributed by atoms with E-state index in [9.17, 15) is 8.78 Å². The number of fused-ring (bicyclic) bond motifs is 1. The maximum absolute atomic E-state index is 14.1. The van der Waals surface area contributed by atoms with E-state index in [0.29, 0.717) is 0 Å². The highest BCUT2D eigenvalue weighted by atomic mass is 35.6. The summed E-state index contributed by atoms with van der Waals surface area (Å²) in [6, 6.07) is 9.01. The third-order valence-electron chi connectivity index (χ3n) is 3.66. The number of alkyl halides is 6. The van der Waals surface area contributed by atoms with Gasteiger partial charge in [0.25, 0.3) is 0 Å². The monoisotopic (exact) mass is 438 g/mol. The van der Waals surface area contributed by atoms with E-state index in [1.54, 1.807) is 24.3 Å². The van der Waals surface area contributed by atoms with Crippen molar-refractivity contribution in [3.05, 3.63) is 30.3 Å². The van der Waals surface area contributed by atoms with Gasteiger partial charge in [0.15, 0.2) is 0 Å². The lowest BCUT2D eigenvalue weighted by atomic mass is 9.96. The first-order valence-electron chi connectivity index (χ1n) is 6.94. The summed E-state index contributed by atoms with van der Waals surface area (Å²) in [7, 11) is 0. The minimum Gasteiger partial charge on any atom is -0.364 e. The average Bonchev–Trinajstić information content (AvgIpc) is 2.90. The Kier molecular flexibility index (Phi) is 5.80. The Bertz CT molecular complexity index is 569. The van der Waals surface area contributed by atoms with Crippen LogP contribution < -0.4 is 0 Å². The van der Waals surface area contributed by atoms with Crippen LogP contribution in [0.4, 0.5) is 8.78 Å². The molecule has 0 spiro atoms. The van der Waals surface area contributed by atoms with Crippen LogP contribution in [0, 0.1) is 5.92 Å². The first kappa shape index (κ1) is 19.2. The van der Waals surface area contributed by atoms with Crippen LogP contribution in [-0.2, 0) is 14.2 Å². The van der Waals surface area contributed by atoms with E-state index in [0.717, 1.165) is 16.7 Å². The molecule has 2 fully saturated rings. The highest BCUT2D eigenvalue weighted by molar-refractivity contribution is 7.99. The van der Waals surface area contributed by atoms with Gasteiger partial charge in [-0.25, -0.2) is 0 Å². The maximum atomic E-state index is 14.1. The SMILES string of the molecule is FC(F)(Cl)[C@H]1[C@@H]2O[C@H](C(Cl)(Cl)Cl)O[C@@H]2CO[C@H]1Sc1ccccc1. The summed E-state index contributed by atoms with van der Waals surface area (Å²) in [6.45, 7) is 0.0376. The minimum absolute atomic E-state index is 0.0376. The van der Waals surface area contributed by atoms with Crippen molar-refractivity contribution in [2.24, 2.45) is 5.92 Å². The van der Waals surface area contributed by atoms with Gasteiger partial charge in [0.05, 0.1) is 6.61 Å². The van der Waals surface area contributed by atoms with Crippen LogP contribution in [0.5, 0.6) is 0 Å². The molecule has 0 radical (unpaired) electrons. The van der Waals surface area contributed by atoms with Crippen molar-refractivity contribution in [1.29, 1.82) is 0 Å². The van der Waals surface area contributed by atoms with Crippen LogP contribution in [0.3, 0.4) is 0 Å². The average molecular weight is 440 g/mol. The van der Waals surface area contributed by atoms with Crippen LogP contribution in [-0.4, -0.2) is 39.7 Å². The predicted molar refractivity (Wildman–Crippen MR) is 90.2 cm³/mol. The molecule has 3 rings (SSSR count). The van der Waals surface area contributed by atoms with Gasteiger partial charge in [-0.15, -0.1) is 0 Å². The maximum Gasteiger partial charge on any atom is 0.330 e. The van der Waals surface area contributed by atoms with Gasteiger partial charge in [0.1, 0.15) is 23.6 Å². The van der Waals surface area contributed by atoms with Crippen molar-refractivity contribution in [2.45, 2.75) is 38.0 Å². The molecule has 0 aromatic heterocycles. The highest BCUT2D eigenvalue weighted by Gasteiger charge is 2.60. The Morgan fingerprint density at radius 3 is 2.29 bits per heavy atom. The third-order valence-corrected chi connectivity index (χ3v) is 5.65. The van der Waals surface area contributed by atoms with Gasteiger partial charge < -0.3 is 14.2 Å². The quantitative estimate of drug-likeness (QED) is 0.615. The molecule has 2 heterocycles. The molecule has 0 unspecified atom stereocenters. The summed E-state index contributed by atoms with van der Waals surface area (Å²) in [4.78, 5) is 0.767. The predicted octanol–water partition coefficient (Wildman–Crippen LogP) is 5.06. The number of benzene rings is 1. The number of ether oxygens (including phenoxy) is 3. The third kappa shape index (κ3) is 4.23. The molecule has 0 aliphatic carbocycles. The summed E-state index contributed by atoms with van der Waals surface area (Å²) in [5.74, 6) is -1.47. The molecule has 3 nitrogen and oxygen atoms in total. The Morgan fingerprint density at radius 1 is 1.04 bits per heavy atom. The molecular formula is C14H12Cl4F2O3S. The fourth-order valence-electron chi connectivity index (χ4n) is 2.63. The molecule has 0 amide bonds. The zero-order chi connectivity index (χ0) is 17.5. The standard InChI is InChI=1S/C14H12Cl4F2O3S/c15-13(16,17)12-22-8-6-21-11(24-7-4-2-1-3-5-7)9(10(8)23-12)14(18,19)20/h1-5,8-12H,6H2/t8-,9+,10-,11+,12-/m1/s1. The Hall–Kier alpha value is 0.470. The van der Waals surface area contributed by atoms with Gasteiger partial charge in [0, 0.05) is 4.90 Å². The van der Waals surface area contributed by atoms with Crippen molar-refractivity contribution in [3.8, 4) is 0 Å². The first-order valence-corrected chi connectivity index (χ1v) is 9.33. The Labute approximate surface area is 161 Å². The smallest absolute Gasteiger partial charge is 0.330 e. The lowest BCUT2D eigenvalue weighted by Gasteiger charge is -2.39. The van der Waals surface area contributed by atoms with Gasteiger partial charge in [-0.1, -0.05) is 64.8 Å². The number of thioether (sulfide) groups is 1. The number of hydrogen-bond donors (Lipinski definition) is 0. The van der Waals surface area contributed by atoms with Gasteiger partial charge >= 0.3 is 5.38 Å². The molecule has 134 valence electrons. The van der Waals surface area contributed by atoms with Gasteiger partial charge in [0.2, 0.25) is 10.1 Å². The zero-order valence-electron chi connectivity index (χ0n) is 11.9. The van der Waals surface area contributed by atoms with Gasteiger partial charge in [-0.3, -0.25) is 0 Å². The molecule has 10 heteroatoms. The van der Waals surface area contributed by atoms with E-state index in [1.807, 2.05) is 6.07 Å². The number of halogens is 6. The lowest BCUT2D eigenvalue weighted by Crippen LogP contribution is -2.52. The second kappa shape index (κ2) is 7.24. The van der Waals surface area contributed by atoms with Crippen molar-refractivity contribution in [1.82, 2.24) is 0 Å². The van der Waals surface area contributed by atoms with Crippen molar-refractivity contribution >= 4 is 58.2 Å². The molecule has 2 saturated heterocycles. The normalized spacial score (nSPS) is 34.2. The molecular weight excluding hydrogens is 428 g/mol. The molecule has 5 atom stereocenters. The van der Waals surface area contributed by atoms with E-state index in [-0.39, 0.29) is 6.61 Å². The van der Waals surface area contributed by atoms with Crippen molar-refractivity contribution in [3.63, 3.8) is 0 Å². The van der Waals surface area contributed by atoms with Gasteiger partial charge in [-0.2, -0.15) is 8.78 Å². The summed E-state index contributed by atoms with van der Waals surface area (Å²) >= 11 is 23.7. The van der Waals surface area contributed by atoms with Crippen molar-refractivity contribution < 1.29 is 23.0 Å². The molecule has 2 aliphatic heterocycles. The number of hydrogen-bond acceptors (Lipinski definition) is 4. The molecule has 0 bridgehead atoms. The topological polar surface area (TPSA) is 27.7 Å². The Morgan fingerprint density at radius 2 is 1.71 bits per heavy atom. The van der Waals surface area contributed by atoms with E-state index in [1.165, 1.54) is 0 Å². The largest absolute Gasteiger partial charge is 0.364 e. The molecule has 2 aliphatic rings. The van der Waals surface area contributed by atoms with E-state index < -0.39 is 39.0 Å². The van der Waals surface area contributed by atoms with Crippen LogP contribution in [0.25, 0.3) is 0 Å².